The van der Waals surface area contributed by atoms with E-state index in [-0.39, 0.29) is 0 Å². The third-order valence-electron chi connectivity index (χ3n) is 6.51. The molecule has 0 saturated heterocycles. The quantitative estimate of drug-likeness (QED) is 0.700. The first kappa shape index (κ1) is 19.7. The van der Waals surface area contributed by atoms with Crippen LogP contribution in [0.5, 0.6) is 0 Å². The lowest BCUT2D eigenvalue weighted by atomic mass is 9.85. The van der Waals surface area contributed by atoms with Gasteiger partial charge in [-0.05, 0) is 73.5 Å². The predicted octanol–water partition coefficient (Wildman–Crippen LogP) is 5.70. The highest BCUT2D eigenvalue weighted by Gasteiger charge is 2.19. The zero-order valence-electron chi connectivity index (χ0n) is 17.0. The molecule has 1 N–H and O–H groups in total. The Labute approximate surface area is 174 Å². The van der Waals surface area contributed by atoms with Crippen LogP contribution in [0.1, 0.15) is 55.2 Å². The predicted molar refractivity (Wildman–Crippen MR) is 119 cm³/mol. The van der Waals surface area contributed by atoms with Gasteiger partial charge in [-0.2, -0.15) is 0 Å². The third kappa shape index (κ3) is 4.52. The monoisotopic (exact) mass is 397 g/mol. The van der Waals surface area contributed by atoms with Crippen LogP contribution in [0.4, 0.5) is 11.5 Å². The molecule has 2 aliphatic rings. The first-order valence-electron chi connectivity index (χ1n) is 10.9. The summed E-state index contributed by atoms with van der Waals surface area (Å²) < 4.78 is 0. The van der Waals surface area contributed by atoms with Crippen molar-refractivity contribution < 1.29 is 0 Å². The number of aromatic nitrogens is 1. The average Bonchev–Trinajstić information content (AvgIpc) is 2.98. The molecule has 4 rings (SSSR count). The number of hydrogen-bond donors (Lipinski definition) is 1. The first-order chi connectivity index (χ1) is 13.7. The summed E-state index contributed by atoms with van der Waals surface area (Å²) in [7, 11) is 2.09. The molecule has 2 aromatic rings. The maximum absolute atomic E-state index is 6.64. The topological polar surface area (TPSA) is 28.2 Å². The van der Waals surface area contributed by atoms with E-state index in [9.17, 15) is 0 Å². The number of benzene rings is 1. The molecule has 0 radical (unpaired) electrons. The maximum Gasteiger partial charge on any atom is 0.132 e. The molecule has 28 heavy (non-hydrogen) atoms. The number of pyridine rings is 1. The Morgan fingerprint density at radius 2 is 1.89 bits per heavy atom. The SMILES string of the molecule is CN(c1ccc(CCC2CCCCC2)cn1)c1c(Cl)ccc2c1CCNCC2. The molecule has 0 spiro atoms. The molecular weight excluding hydrogens is 366 g/mol. The van der Waals surface area contributed by atoms with E-state index < -0.39 is 0 Å². The smallest absolute Gasteiger partial charge is 0.132 e. The molecule has 1 fully saturated rings. The van der Waals surface area contributed by atoms with Gasteiger partial charge in [-0.25, -0.2) is 4.98 Å². The Bertz CT molecular complexity index is 781. The van der Waals surface area contributed by atoms with Gasteiger partial charge < -0.3 is 10.2 Å². The normalized spacial score (nSPS) is 17.8. The third-order valence-corrected chi connectivity index (χ3v) is 6.81. The minimum atomic E-state index is 0.811. The van der Waals surface area contributed by atoms with Crippen molar-refractivity contribution in [3.8, 4) is 0 Å². The Morgan fingerprint density at radius 1 is 1.07 bits per heavy atom. The van der Waals surface area contributed by atoms with Crippen LogP contribution in [0.25, 0.3) is 0 Å². The highest BCUT2D eigenvalue weighted by Crippen LogP contribution is 2.36. The van der Waals surface area contributed by atoms with Gasteiger partial charge in [0.1, 0.15) is 5.82 Å². The number of aryl methyl sites for hydroxylation is 1. The van der Waals surface area contributed by atoms with E-state index in [1.165, 1.54) is 55.2 Å². The van der Waals surface area contributed by atoms with E-state index in [0.29, 0.717) is 0 Å². The lowest BCUT2D eigenvalue weighted by Gasteiger charge is -2.25. The van der Waals surface area contributed by atoms with Crippen LogP contribution >= 0.6 is 11.6 Å². The van der Waals surface area contributed by atoms with Gasteiger partial charge in [-0.3, -0.25) is 0 Å². The van der Waals surface area contributed by atoms with Crippen molar-refractivity contribution in [1.29, 1.82) is 0 Å². The second-order valence-electron chi connectivity index (χ2n) is 8.41. The van der Waals surface area contributed by atoms with Crippen molar-refractivity contribution in [3.05, 3.63) is 52.2 Å². The summed E-state index contributed by atoms with van der Waals surface area (Å²) in [6.45, 7) is 2.04. The summed E-state index contributed by atoms with van der Waals surface area (Å²) in [5.74, 6) is 1.89. The Balaban J connectivity index is 1.48. The fourth-order valence-corrected chi connectivity index (χ4v) is 5.11. The minimum absolute atomic E-state index is 0.811. The number of halogens is 1. The number of nitrogens with zero attached hydrogens (tertiary/aromatic N) is 2. The summed E-state index contributed by atoms with van der Waals surface area (Å²) in [5.41, 5.74) is 5.23. The molecule has 1 aromatic heterocycles. The summed E-state index contributed by atoms with van der Waals surface area (Å²) in [6, 6.07) is 8.62. The molecule has 2 heterocycles. The standard InChI is InChI=1S/C24H32ClN3/c1-28(24-21-14-16-26-15-13-20(21)10-11-22(24)25)23-12-9-19(17-27-23)8-7-18-5-3-2-4-6-18/h9-12,17-18,26H,2-8,13-16H2,1H3. The summed E-state index contributed by atoms with van der Waals surface area (Å²) >= 11 is 6.64. The van der Waals surface area contributed by atoms with Crippen LogP contribution in [0.2, 0.25) is 5.02 Å². The van der Waals surface area contributed by atoms with Crippen LogP contribution in [0, 0.1) is 5.92 Å². The van der Waals surface area contributed by atoms with Crippen molar-refractivity contribution in [2.24, 2.45) is 5.92 Å². The lowest BCUT2D eigenvalue weighted by Crippen LogP contribution is -2.17. The molecule has 0 atom stereocenters. The van der Waals surface area contributed by atoms with E-state index in [1.807, 2.05) is 6.07 Å². The van der Waals surface area contributed by atoms with Gasteiger partial charge in [-0.15, -0.1) is 0 Å². The van der Waals surface area contributed by atoms with E-state index in [4.69, 9.17) is 16.6 Å². The second-order valence-corrected chi connectivity index (χ2v) is 8.82. The highest BCUT2D eigenvalue weighted by molar-refractivity contribution is 6.33. The zero-order valence-corrected chi connectivity index (χ0v) is 17.8. The molecule has 0 bridgehead atoms. The first-order valence-corrected chi connectivity index (χ1v) is 11.3. The van der Waals surface area contributed by atoms with E-state index in [2.05, 4.69) is 41.7 Å². The largest absolute Gasteiger partial charge is 0.328 e. The Hall–Kier alpha value is -1.58. The van der Waals surface area contributed by atoms with Crippen molar-refractivity contribution >= 4 is 23.1 Å². The molecular formula is C24H32ClN3. The van der Waals surface area contributed by atoms with E-state index >= 15 is 0 Å². The average molecular weight is 398 g/mol. The number of hydrogen-bond acceptors (Lipinski definition) is 3. The van der Waals surface area contributed by atoms with E-state index in [1.54, 1.807) is 0 Å². The maximum atomic E-state index is 6.64. The number of anilines is 2. The van der Waals surface area contributed by atoms with Crippen molar-refractivity contribution in [2.45, 2.75) is 57.8 Å². The number of fused-ring (bicyclic) bond motifs is 1. The fourth-order valence-electron chi connectivity index (χ4n) is 4.81. The molecule has 0 unspecified atom stereocenters. The van der Waals surface area contributed by atoms with Crippen molar-refractivity contribution in [1.82, 2.24) is 10.3 Å². The Kier molecular flexibility index (Phi) is 6.54. The van der Waals surface area contributed by atoms with Crippen LogP contribution in [-0.4, -0.2) is 25.1 Å². The van der Waals surface area contributed by atoms with E-state index in [0.717, 1.165) is 54.8 Å². The molecule has 4 heteroatoms. The van der Waals surface area contributed by atoms with Crippen LogP contribution < -0.4 is 10.2 Å². The molecule has 1 aliphatic carbocycles. The number of rotatable bonds is 5. The molecule has 1 aromatic carbocycles. The van der Waals surface area contributed by atoms with Gasteiger partial charge in [0.15, 0.2) is 0 Å². The van der Waals surface area contributed by atoms with Crippen molar-refractivity contribution in [2.75, 3.05) is 25.0 Å². The molecule has 1 aliphatic heterocycles. The summed E-state index contributed by atoms with van der Waals surface area (Å²) in [4.78, 5) is 6.95. The van der Waals surface area contributed by atoms with Gasteiger partial charge in [-0.1, -0.05) is 55.8 Å². The lowest BCUT2D eigenvalue weighted by molar-refractivity contribution is 0.339. The van der Waals surface area contributed by atoms with Gasteiger partial charge in [0, 0.05) is 13.2 Å². The number of nitrogens with one attached hydrogen (secondary N) is 1. The zero-order chi connectivity index (χ0) is 19.3. The van der Waals surface area contributed by atoms with Gasteiger partial charge >= 0.3 is 0 Å². The molecule has 0 amide bonds. The van der Waals surface area contributed by atoms with Crippen LogP contribution in [0.3, 0.4) is 0 Å². The summed E-state index contributed by atoms with van der Waals surface area (Å²) in [5, 5.41) is 4.30. The van der Waals surface area contributed by atoms with Crippen molar-refractivity contribution in [3.63, 3.8) is 0 Å². The second kappa shape index (κ2) is 9.28. The Morgan fingerprint density at radius 3 is 2.68 bits per heavy atom. The summed E-state index contributed by atoms with van der Waals surface area (Å²) in [6.07, 6.45) is 13.7. The van der Waals surface area contributed by atoms with Gasteiger partial charge in [0.05, 0.1) is 10.7 Å². The molecule has 1 saturated carbocycles. The minimum Gasteiger partial charge on any atom is -0.328 e. The van der Waals surface area contributed by atoms with Gasteiger partial charge in [0.25, 0.3) is 0 Å². The van der Waals surface area contributed by atoms with Crippen LogP contribution in [-0.2, 0) is 19.3 Å². The fraction of sp³-hybridized carbons (Fsp3) is 0.542. The molecule has 3 nitrogen and oxygen atoms in total. The van der Waals surface area contributed by atoms with Gasteiger partial charge in [0.2, 0.25) is 0 Å². The molecule has 150 valence electrons. The van der Waals surface area contributed by atoms with Crippen LogP contribution in [0.15, 0.2) is 30.5 Å². The highest BCUT2D eigenvalue weighted by atomic mass is 35.5.